The fourth-order valence-corrected chi connectivity index (χ4v) is 2.03. The molecule has 0 bridgehead atoms. The Kier molecular flexibility index (Phi) is 5.92. The number of amides is 1. The Morgan fingerprint density at radius 2 is 2.24 bits per heavy atom. The molecule has 1 amide bonds. The van der Waals surface area contributed by atoms with Gasteiger partial charge >= 0.3 is 0 Å². The zero-order valence-electron chi connectivity index (χ0n) is 11.1. The van der Waals surface area contributed by atoms with Crippen molar-refractivity contribution in [1.82, 2.24) is 5.32 Å². The van der Waals surface area contributed by atoms with Crippen LogP contribution in [-0.4, -0.2) is 32.7 Å². The monoisotopic (exact) mass is 242 g/mol. The van der Waals surface area contributed by atoms with Crippen LogP contribution in [0.5, 0.6) is 0 Å². The van der Waals surface area contributed by atoms with Gasteiger partial charge in [0.15, 0.2) is 0 Å². The largest absolute Gasteiger partial charge is 0.385 e. The lowest BCUT2D eigenvalue weighted by Gasteiger charge is -2.17. The van der Waals surface area contributed by atoms with Gasteiger partial charge in [0.2, 0.25) is 5.91 Å². The molecule has 3 N–H and O–H groups in total. The first-order chi connectivity index (χ1) is 8.15. The van der Waals surface area contributed by atoms with Gasteiger partial charge < -0.3 is 15.8 Å². The summed E-state index contributed by atoms with van der Waals surface area (Å²) >= 11 is 0. The zero-order valence-corrected chi connectivity index (χ0v) is 11.1. The van der Waals surface area contributed by atoms with Crippen LogP contribution >= 0.6 is 0 Å². The number of rotatable bonds is 9. The van der Waals surface area contributed by atoms with E-state index in [0.717, 1.165) is 26.0 Å². The van der Waals surface area contributed by atoms with Crippen molar-refractivity contribution >= 4 is 5.91 Å². The molecule has 0 aromatic carbocycles. The Morgan fingerprint density at radius 3 is 2.71 bits per heavy atom. The van der Waals surface area contributed by atoms with Crippen LogP contribution in [0.25, 0.3) is 0 Å². The summed E-state index contributed by atoms with van der Waals surface area (Å²) in [5, 5.41) is 3.04. The second-order valence-corrected chi connectivity index (χ2v) is 5.23. The lowest BCUT2D eigenvalue weighted by atomic mass is 10.0. The summed E-state index contributed by atoms with van der Waals surface area (Å²) < 4.78 is 5.09. The normalized spacial score (nSPS) is 18.8. The van der Waals surface area contributed by atoms with Crippen LogP contribution in [0.3, 0.4) is 0 Å². The number of hydrogen-bond acceptors (Lipinski definition) is 3. The molecule has 1 saturated carbocycles. The van der Waals surface area contributed by atoms with Crippen molar-refractivity contribution in [1.29, 1.82) is 0 Å². The quantitative estimate of drug-likeness (QED) is 0.640. The Bertz CT molecular complexity index is 236. The van der Waals surface area contributed by atoms with Crippen LogP contribution in [-0.2, 0) is 9.53 Å². The Hall–Kier alpha value is -0.610. The molecule has 4 nitrogen and oxygen atoms in total. The van der Waals surface area contributed by atoms with Crippen LogP contribution in [0, 0.1) is 11.3 Å². The van der Waals surface area contributed by atoms with Crippen LogP contribution in [0.15, 0.2) is 0 Å². The zero-order chi connectivity index (χ0) is 12.7. The minimum atomic E-state index is 0.144. The molecule has 4 heteroatoms. The Morgan fingerprint density at radius 1 is 1.53 bits per heavy atom. The van der Waals surface area contributed by atoms with E-state index in [9.17, 15) is 4.79 Å². The van der Waals surface area contributed by atoms with Gasteiger partial charge in [-0.05, 0) is 37.1 Å². The highest BCUT2D eigenvalue weighted by Crippen LogP contribution is 2.48. The van der Waals surface area contributed by atoms with Crippen molar-refractivity contribution in [2.75, 3.05) is 26.8 Å². The molecule has 0 aromatic heterocycles. The number of ether oxygens (including phenoxy) is 1. The molecular formula is C13H26N2O2. The molecule has 17 heavy (non-hydrogen) atoms. The topological polar surface area (TPSA) is 64.4 Å². The smallest absolute Gasteiger partial charge is 0.220 e. The molecular weight excluding hydrogens is 216 g/mol. The van der Waals surface area contributed by atoms with Crippen molar-refractivity contribution in [2.45, 2.75) is 39.0 Å². The van der Waals surface area contributed by atoms with Gasteiger partial charge in [0.25, 0.3) is 0 Å². The van der Waals surface area contributed by atoms with Crippen molar-refractivity contribution in [3.63, 3.8) is 0 Å². The van der Waals surface area contributed by atoms with Gasteiger partial charge in [-0.2, -0.15) is 0 Å². The van der Waals surface area contributed by atoms with Crippen molar-refractivity contribution in [2.24, 2.45) is 17.1 Å². The SMILES string of the molecule is CCC(CN)CC(=O)NCC1(CCOC)CC1. The van der Waals surface area contributed by atoms with Crippen LogP contribution < -0.4 is 11.1 Å². The summed E-state index contributed by atoms with van der Waals surface area (Å²) in [6.07, 6.45) is 5.01. The fraction of sp³-hybridized carbons (Fsp3) is 0.923. The van der Waals surface area contributed by atoms with E-state index in [1.807, 2.05) is 0 Å². The van der Waals surface area contributed by atoms with Gasteiger partial charge in [-0.15, -0.1) is 0 Å². The summed E-state index contributed by atoms with van der Waals surface area (Å²) in [5.41, 5.74) is 5.92. The fourth-order valence-electron chi connectivity index (χ4n) is 2.03. The average Bonchev–Trinajstić information content (AvgIpc) is 3.11. The molecule has 1 rings (SSSR count). The lowest BCUT2D eigenvalue weighted by molar-refractivity contribution is -0.122. The van der Waals surface area contributed by atoms with E-state index in [1.54, 1.807) is 7.11 Å². The highest BCUT2D eigenvalue weighted by Gasteiger charge is 2.42. The second kappa shape index (κ2) is 6.97. The van der Waals surface area contributed by atoms with Gasteiger partial charge in [-0.1, -0.05) is 13.3 Å². The number of nitrogens with one attached hydrogen (secondary N) is 1. The summed E-state index contributed by atoms with van der Waals surface area (Å²) in [6, 6.07) is 0. The third-order valence-electron chi connectivity index (χ3n) is 3.84. The number of hydrogen-bond donors (Lipinski definition) is 2. The molecule has 0 spiro atoms. The molecule has 1 aliphatic rings. The highest BCUT2D eigenvalue weighted by atomic mass is 16.5. The molecule has 0 aliphatic heterocycles. The molecule has 0 radical (unpaired) electrons. The first-order valence-corrected chi connectivity index (χ1v) is 6.61. The van der Waals surface area contributed by atoms with Gasteiger partial charge in [0.05, 0.1) is 0 Å². The summed E-state index contributed by atoms with van der Waals surface area (Å²) in [7, 11) is 1.72. The lowest BCUT2D eigenvalue weighted by Crippen LogP contribution is -2.33. The van der Waals surface area contributed by atoms with Crippen LogP contribution in [0.4, 0.5) is 0 Å². The maximum absolute atomic E-state index is 11.7. The van der Waals surface area contributed by atoms with E-state index >= 15 is 0 Å². The average molecular weight is 242 g/mol. The number of methoxy groups -OCH3 is 1. The number of carbonyl (C=O) groups excluding carboxylic acids is 1. The predicted octanol–water partition coefficient (Wildman–Crippen LogP) is 1.29. The van der Waals surface area contributed by atoms with Crippen molar-refractivity contribution in [3.8, 4) is 0 Å². The minimum Gasteiger partial charge on any atom is -0.385 e. The molecule has 1 fully saturated rings. The van der Waals surface area contributed by atoms with E-state index in [4.69, 9.17) is 10.5 Å². The molecule has 1 aliphatic carbocycles. The molecule has 0 heterocycles. The number of carbonyl (C=O) groups is 1. The van der Waals surface area contributed by atoms with E-state index in [0.29, 0.717) is 24.3 Å². The van der Waals surface area contributed by atoms with E-state index in [1.165, 1.54) is 12.8 Å². The summed E-state index contributed by atoms with van der Waals surface area (Å²) in [6.45, 7) is 4.26. The van der Waals surface area contributed by atoms with E-state index < -0.39 is 0 Å². The van der Waals surface area contributed by atoms with Gasteiger partial charge in [0, 0.05) is 26.7 Å². The third-order valence-corrected chi connectivity index (χ3v) is 3.84. The predicted molar refractivity (Wildman–Crippen MR) is 68.6 cm³/mol. The Labute approximate surface area is 104 Å². The van der Waals surface area contributed by atoms with E-state index in [2.05, 4.69) is 12.2 Å². The van der Waals surface area contributed by atoms with Crippen LogP contribution in [0.2, 0.25) is 0 Å². The number of nitrogens with two attached hydrogens (primary N) is 1. The van der Waals surface area contributed by atoms with Crippen molar-refractivity contribution in [3.05, 3.63) is 0 Å². The molecule has 1 unspecified atom stereocenters. The minimum absolute atomic E-state index is 0.144. The van der Waals surface area contributed by atoms with Crippen molar-refractivity contribution < 1.29 is 9.53 Å². The molecule has 0 aromatic rings. The maximum atomic E-state index is 11.7. The third kappa shape index (κ3) is 5.04. The highest BCUT2D eigenvalue weighted by molar-refractivity contribution is 5.76. The first-order valence-electron chi connectivity index (χ1n) is 6.61. The maximum Gasteiger partial charge on any atom is 0.220 e. The van der Waals surface area contributed by atoms with Crippen LogP contribution in [0.1, 0.15) is 39.0 Å². The second-order valence-electron chi connectivity index (χ2n) is 5.23. The molecule has 0 saturated heterocycles. The van der Waals surface area contributed by atoms with Gasteiger partial charge in [-0.3, -0.25) is 4.79 Å². The molecule has 100 valence electrons. The summed E-state index contributed by atoms with van der Waals surface area (Å²) in [4.78, 5) is 11.7. The standard InChI is InChI=1S/C13H26N2O2/c1-3-11(9-14)8-12(16)15-10-13(4-5-13)6-7-17-2/h11H,3-10,14H2,1-2H3,(H,15,16). The Balaban J connectivity index is 2.19. The summed E-state index contributed by atoms with van der Waals surface area (Å²) in [5.74, 6) is 0.468. The first kappa shape index (κ1) is 14.5. The van der Waals surface area contributed by atoms with Gasteiger partial charge in [0.1, 0.15) is 0 Å². The molecule has 1 atom stereocenters. The van der Waals surface area contributed by atoms with E-state index in [-0.39, 0.29) is 5.91 Å². The van der Waals surface area contributed by atoms with Gasteiger partial charge in [-0.25, -0.2) is 0 Å².